The van der Waals surface area contributed by atoms with Gasteiger partial charge in [-0.05, 0) is 35.9 Å². The molecule has 0 saturated carbocycles. The molecule has 0 atom stereocenters. The highest BCUT2D eigenvalue weighted by molar-refractivity contribution is 7.98. The Morgan fingerprint density at radius 1 is 1.05 bits per heavy atom. The van der Waals surface area contributed by atoms with Crippen LogP contribution in [-0.2, 0) is 5.75 Å². The maximum Gasteiger partial charge on any atom is 0.277 e. The molecule has 0 amide bonds. The van der Waals surface area contributed by atoms with E-state index >= 15 is 0 Å². The second-order valence-corrected chi connectivity index (χ2v) is 5.62. The molecule has 0 fully saturated rings. The van der Waals surface area contributed by atoms with Gasteiger partial charge in [0.25, 0.3) is 5.22 Å². The maximum absolute atomic E-state index is 13.5. The molecule has 1 heterocycles. The number of thioether (sulfide) groups is 1. The van der Waals surface area contributed by atoms with Crippen molar-refractivity contribution in [2.24, 2.45) is 0 Å². The summed E-state index contributed by atoms with van der Waals surface area (Å²) in [6.07, 6.45) is 0. The van der Waals surface area contributed by atoms with E-state index in [4.69, 9.17) is 16.0 Å². The van der Waals surface area contributed by atoms with Gasteiger partial charge in [-0.3, -0.25) is 0 Å². The standard InChI is InChI=1S/C15H10ClFN2OS/c16-12-7-5-10(6-8-12)14-18-19-15(20-14)21-9-11-3-1-2-4-13(11)17/h1-8H,9H2. The summed E-state index contributed by atoms with van der Waals surface area (Å²) in [5.74, 6) is 0.625. The van der Waals surface area contributed by atoms with Crippen molar-refractivity contribution in [3.8, 4) is 11.5 Å². The Hall–Kier alpha value is -1.85. The van der Waals surface area contributed by atoms with Gasteiger partial charge in [0.1, 0.15) is 5.82 Å². The van der Waals surface area contributed by atoms with Crippen LogP contribution in [0.3, 0.4) is 0 Å². The molecule has 0 aliphatic carbocycles. The van der Waals surface area contributed by atoms with Gasteiger partial charge < -0.3 is 4.42 Å². The van der Waals surface area contributed by atoms with Gasteiger partial charge in [-0.25, -0.2) is 4.39 Å². The summed E-state index contributed by atoms with van der Waals surface area (Å²) in [7, 11) is 0. The fourth-order valence-electron chi connectivity index (χ4n) is 1.73. The van der Waals surface area contributed by atoms with E-state index < -0.39 is 0 Å². The predicted molar refractivity (Wildman–Crippen MR) is 80.7 cm³/mol. The lowest BCUT2D eigenvalue weighted by Gasteiger charge is -1.99. The zero-order valence-corrected chi connectivity index (χ0v) is 12.4. The average molecular weight is 321 g/mol. The minimum Gasteiger partial charge on any atom is -0.411 e. The number of hydrogen-bond acceptors (Lipinski definition) is 4. The van der Waals surface area contributed by atoms with E-state index in [1.54, 1.807) is 42.5 Å². The molecule has 1 aromatic heterocycles. The lowest BCUT2D eigenvalue weighted by Crippen LogP contribution is -1.86. The van der Waals surface area contributed by atoms with Crippen molar-refractivity contribution in [3.63, 3.8) is 0 Å². The van der Waals surface area contributed by atoms with Gasteiger partial charge >= 0.3 is 0 Å². The van der Waals surface area contributed by atoms with E-state index in [0.29, 0.717) is 27.5 Å². The molecule has 0 aliphatic heterocycles. The number of benzene rings is 2. The van der Waals surface area contributed by atoms with Crippen molar-refractivity contribution in [2.45, 2.75) is 11.0 Å². The van der Waals surface area contributed by atoms with Gasteiger partial charge in [0.2, 0.25) is 5.89 Å². The first kappa shape index (κ1) is 14.1. The highest BCUT2D eigenvalue weighted by atomic mass is 35.5. The van der Waals surface area contributed by atoms with Crippen molar-refractivity contribution in [3.05, 3.63) is 64.9 Å². The van der Waals surface area contributed by atoms with E-state index in [1.165, 1.54) is 17.8 Å². The Morgan fingerprint density at radius 2 is 1.81 bits per heavy atom. The smallest absolute Gasteiger partial charge is 0.277 e. The molecule has 0 radical (unpaired) electrons. The molecule has 0 aliphatic rings. The Balaban J connectivity index is 1.71. The van der Waals surface area contributed by atoms with Gasteiger partial charge in [0.15, 0.2) is 0 Å². The molecule has 3 rings (SSSR count). The van der Waals surface area contributed by atoms with Crippen LogP contribution in [-0.4, -0.2) is 10.2 Å². The number of nitrogens with zero attached hydrogens (tertiary/aromatic N) is 2. The summed E-state index contributed by atoms with van der Waals surface area (Å²) in [4.78, 5) is 0. The zero-order chi connectivity index (χ0) is 14.7. The molecular formula is C15H10ClFN2OS. The third-order valence-electron chi connectivity index (χ3n) is 2.81. The summed E-state index contributed by atoms with van der Waals surface area (Å²) < 4.78 is 19.1. The Kier molecular flexibility index (Phi) is 4.22. The predicted octanol–water partition coefficient (Wildman–Crippen LogP) is 4.82. The van der Waals surface area contributed by atoms with Crippen molar-refractivity contribution < 1.29 is 8.81 Å². The summed E-state index contributed by atoms with van der Waals surface area (Å²) in [5.41, 5.74) is 1.40. The lowest BCUT2D eigenvalue weighted by atomic mass is 10.2. The van der Waals surface area contributed by atoms with Gasteiger partial charge in [0.05, 0.1) is 0 Å². The third-order valence-corrected chi connectivity index (χ3v) is 3.93. The minimum atomic E-state index is -0.234. The maximum atomic E-state index is 13.5. The van der Waals surface area contributed by atoms with E-state index in [-0.39, 0.29) is 5.82 Å². The van der Waals surface area contributed by atoms with E-state index in [0.717, 1.165) is 5.56 Å². The summed E-state index contributed by atoms with van der Waals surface area (Å²) >= 11 is 7.13. The van der Waals surface area contributed by atoms with Crippen molar-refractivity contribution in [2.75, 3.05) is 0 Å². The molecule has 0 saturated heterocycles. The van der Waals surface area contributed by atoms with E-state index in [1.807, 2.05) is 0 Å². The molecule has 3 nitrogen and oxygen atoms in total. The molecule has 0 bridgehead atoms. The first-order valence-corrected chi connectivity index (χ1v) is 7.54. The summed E-state index contributed by atoms with van der Waals surface area (Å²) in [6.45, 7) is 0. The van der Waals surface area contributed by atoms with Gasteiger partial charge in [0, 0.05) is 16.3 Å². The molecule has 106 valence electrons. The topological polar surface area (TPSA) is 38.9 Å². The van der Waals surface area contributed by atoms with Crippen molar-refractivity contribution in [1.82, 2.24) is 10.2 Å². The normalized spacial score (nSPS) is 10.8. The van der Waals surface area contributed by atoms with Gasteiger partial charge in [-0.1, -0.05) is 41.6 Å². The fourth-order valence-corrected chi connectivity index (χ4v) is 2.61. The number of rotatable bonds is 4. The van der Waals surface area contributed by atoms with Crippen LogP contribution >= 0.6 is 23.4 Å². The minimum absolute atomic E-state index is 0.234. The van der Waals surface area contributed by atoms with Crippen LogP contribution in [0.4, 0.5) is 4.39 Å². The second-order valence-electron chi connectivity index (χ2n) is 4.26. The first-order valence-electron chi connectivity index (χ1n) is 6.18. The molecule has 0 unspecified atom stereocenters. The zero-order valence-electron chi connectivity index (χ0n) is 10.8. The summed E-state index contributed by atoms with van der Waals surface area (Å²) in [5, 5.41) is 8.98. The van der Waals surface area contributed by atoms with Gasteiger partial charge in [-0.2, -0.15) is 0 Å². The van der Waals surface area contributed by atoms with Crippen molar-refractivity contribution in [1.29, 1.82) is 0 Å². The summed E-state index contributed by atoms with van der Waals surface area (Å²) in [6, 6.07) is 13.8. The average Bonchev–Trinajstić information content (AvgIpc) is 2.96. The highest BCUT2D eigenvalue weighted by Crippen LogP contribution is 2.27. The van der Waals surface area contributed by atoms with Crippen LogP contribution in [0.15, 0.2) is 58.2 Å². The molecular weight excluding hydrogens is 311 g/mol. The molecule has 0 spiro atoms. The first-order chi connectivity index (χ1) is 10.2. The Labute approximate surface area is 130 Å². The Bertz CT molecular complexity index is 745. The number of aromatic nitrogens is 2. The largest absolute Gasteiger partial charge is 0.411 e. The van der Waals surface area contributed by atoms with Crippen LogP contribution in [0.2, 0.25) is 5.02 Å². The van der Waals surface area contributed by atoms with Crippen molar-refractivity contribution >= 4 is 23.4 Å². The van der Waals surface area contributed by atoms with Crippen LogP contribution in [0, 0.1) is 5.82 Å². The van der Waals surface area contributed by atoms with Crippen LogP contribution in [0.25, 0.3) is 11.5 Å². The number of halogens is 2. The quantitative estimate of drug-likeness (QED) is 0.646. The molecule has 2 aromatic carbocycles. The lowest BCUT2D eigenvalue weighted by molar-refractivity contribution is 0.465. The highest BCUT2D eigenvalue weighted by Gasteiger charge is 2.10. The van der Waals surface area contributed by atoms with Crippen LogP contribution in [0.1, 0.15) is 5.56 Å². The molecule has 6 heteroatoms. The van der Waals surface area contributed by atoms with Crippen LogP contribution in [0.5, 0.6) is 0 Å². The molecule has 0 N–H and O–H groups in total. The molecule has 21 heavy (non-hydrogen) atoms. The monoisotopic (exact) mass is 320 g/mol. The van der Waals surface area contributed by atoms with E-state index in [9.17, 15) is 4.39 Å². The second kappa shape index (κ2) is 6.28. The molecule has 3 aromatic rings. The fraction of sp³-hybridized carbons (Fsp3) is 0.0667. The SMILES string of the molecule is Fc1ccccc1CSc1nnc(-c2ccc(Cl)cc2)o1. The number of hydrogen-bond donors (Lipinski definition) is 0. The Morgan fingerprint density at radius 3 is 2.57 bits per heavy atom. The van der Waals surface area contributed by atoms with E-state index in [2.05, 4.69) is 10.2 Å². The third kappa shape index (κ3) is 3.43. The van der Waals surface area contributed by atoms with Gasteiger partial charge in [-0.15, -0.1) is 10.2 Å². The van der Waals surface area contributed by atoms with Crippen LogP contribution < -0.4 is 0 Å².